The molecule has 2 aromatic rings. The quantitative estimate of drug-likeness (QED) is 0.783. The molecule has 5 heteroatoms. The summed E-state index contributed by atoms with van der Waals surface area (Å²) in [6.45, 7) is 1.94. The molecule has 3 heterocycles. The third kappa shape index (κ3) is 2.93. The van der Waals surface area contributed by atoms with Crippen molar-refractivity contribution >= 4 is 5.91 Å². The van der Waals surface area contributed by atoms with E-state index in [4.69, 9.17) is 9.72 Å². The summed E-state index contributed by atoms with van der Waals surface area (Å²) in [7, 11) is 1.68. The maximum Gasteiger partial charge on any atom is 0.234 e. The van der Waals surface area contributed by atoms with Gasteiger partial charge in [-0.3, -0.25) is 4.79 Å². The molecule has 0 N–H and O–H groups in total. The van der Waals surface area contributed by atoms with Crippen LogP contribution in [0.5, 0.6) is 5.75 Å². The van der Waals surface area contributed by atoms with Crippen LogP contribution >= 0.6 is 0 Å². The third-order valence-electron chi connectivity index (χ3n) is 7.30. The van der Waals surface area contributed by atoms with Gasteiger partial charge in [-0.1, -0.05) is 31.4 Å². The van der Waals surface area contributed by atoms with Gasteiger partial charge in [0.25, 0.3) is 0 Å². The van der Waals surface area contributed by atoms with E-state index in [1.165, 1.54) is 12.0 Å². The van der Waals surface area contributed by atoms with E-state index < -0.39 is 5.41 Å². The van der Waals surface area contributed by atoms with Crippen molar-refractivity contribution in [2.45, 2.75) is 75.8 Å². The van der Waals surface area contributed by atoms with Crippen LogP contribution in [0.4, 0.5) is 0 Å². The molecule has 1 saturated carbocycles. The fourth-order valence-corrected chi connectivity index (χ4v) is 5.83. The van der Waals surface area contributed by atoms with Crippen molar-refractivity contribution < 1.29 is 9.53 Å². The van der Waals surface area contributed by atoms with E-state index in [1.54, 1.807) is 7.11 Å². The van der Waals surface area contributed by atoms with Crippen molar-refractivity contribution in [3.63, 3.8) is 0 Å². The molecule has 3 aliphatic rings. The lowest BCUT2D eigenvalue weighted by molar-refractivity contribution is -0.142. The van der Waals surface area contributed by atoms with E-state index in [0.29, 0.717) is 5.91 Å². The fraction of sp³-hybridized carbons (Fsp3) is 0.542. The monoisotopic (exact) mass is 391 g/mol. The van der Waals surface area contributed by atoms with Crippen LogP contribution in [0.15, 0.2) is 30.5 Å². The number of carbonyl (C=O) groups is 1. The van der Waals surface area contributed by atoms with Gasteiger partial charge in [0.15, 0.2) is 0 Å². The molecule has 2 bridgehead atoms. The van der Waals surface area contributed by atoms with Crippen LogP contribution in [0.25, 0.3) is 0 Å². The van der Waals surface area contributed by atoms with Crippen molar-refractivity contribution in [2.24, 2.45) is 0 Å². The highest BCUT2D eigenvalue weighted by atomic mass is 16.5. The third-order valence-corrected chi connectivity index (χ3v) is 7.30. The number of amides is 1. The lowest BCUT2D eigenvalue weighted by Crippen LogP contribution is -2.52. The first kappa shape index (κ1) is 18.6. The van der Waals surface area contributed by atoms with E-state index in [2.05, 4.69) is 22.0 Å². The number of carbonyl (C=O) groups excluding carboxylic acids is 1. The highest BCUT2D eigenvalue weighted by molar-refractivity contribution is 5.89. The van der Waals surface area contributed by atoms with Gasteiger partial charge in [0.1, 0.15) is 11.6 Å². The molecule has 29 heavy (non-hydrogen) atoms. The Labute approximate surface area is 172 Å². The first-order valence-electron chi connectivity index (χ1n) is 10.9. The lowest BCUT2D eigenvalue weighted by Gasteiger charge is -2.44. The molecule has 5 rings (SSSR count). The number of rotatable bonds is 3. The predicted octanol–water partition coefficient (Wildman–Crippen LogP) is 4.28. The summed E-state index contributed by atoms with van der Waals surface area (Å²) in [5.41, 5.74) is 3.05. The van der Waals surface area contributed by atoms with Crippen LogP contribution in [0.3, 0.4) is 0 Å². The first-order valence-corrected chi connectivity index (χ1v) is 10.9. The van der Waals surface area contributed by atoms with Crippen LogP contribution in [-0.2, 0) is 16.6 Å². The van der Waals surface area contributed by atoms with Gasteiger partial charge in [-0.05, 0) is 50.3 Å². The van der Waals surface area contributed by atoms with Crippen molar-refractivity contribution in [1.29, 1.82) is 0 Å². The van der Waals surface area contributed by atoms with Gasteiger partial charge in [-0.15, -0.1) is 0 Å². The molecule has 2 fully saturated rings. The minimum Gasteiger partial charge on any atom is -0.497 e. The molecule has 1 aromatic carbocycles. The van der Waals surface area contributed by atoms with Crippen molar-refractivity contribution in [2.75, 3.05) is 7.11 Å². The summed E-state index contributed by atoms with van der Waals surface area (Å²) in [5, 5.41) is 0. The summed E-state index contributed by atoms with van der Waals surface area (Å²) in [6.07, 6.45) is 10.2. The zero-order valence-corrected chi connectivity index (χ0v) is 17.4. The standard InChI is InChI=1S/C24H29N3O2/c1-16-25-15-20-21(26-16)14-18-8-11-22(20)27(18)23(28)24(12-4-3-5-13-24)17-6-9-19(29-2)10-7-17/h6-7,9-10,15,18,22H,3-5,8,11-14H2,1-2H3. The Balaban J connectivity index is 1.53. The Bertz CT molecular complexity index is 918. The van der Waals surface area contributed by atoms with Crippen LogP contribution in [0, 0.1) is 6.92 Å². The Morgan fingerprint density at radius 2 is 1.90 bits per heavy atom. The van der Waals surface area contributed by atoms with Gasteiger partial charge < -0.3 is 9.64 Å². The molecule has 2 atom stereocenters. The smallest absolute Gasteiger partial charge is 0.234 e. The summed E-state index contributed by atoms with van der Waals surface area (Å²) >= 11 is 0. The van der Waals surface area contributed by atoms with E-state index in [0.717, 1.165) is 67.8 Å². The minimum absolute atomic E-state index is 0.133. The molecular formula is C24H29N3O2. The van der Waals surface area contributed by atoms with Crippen molar-refractivity contribution in [1.82, 2.24) is 14.9 Å². The number of methoxy groups -OCH3 is 1. The normalized spacial score (nSPS) is 24.8. The summed E-state index contributed by atoms with van der Waals surface area (Å²) in [5.74, 6) is 1.98. The largest absolute Gasteiger partial charge is 0.497 e. The van der Waals surface area contributed by atoms with Gasteiger partial charge in [0.2, 0.25) is 5.91 Å². The number of hydrogen-bond donors (Lipinski definition) is 0. The number of aryl methyl sites for hydroxylation is 1. The van der Waals surface area contributed by atoms with Gasteiger partial charge in [-0.25, -0.2) is 9.97 Å². The number of aromatic nitrogens is 2. The Morgan fingerprint density at radius 1 is 1.14 bits per heavy atom. The highest BCUT2D eigenvalue weighted by Gasteiger charge is 2.51. The molecule has 2 aliphatic heterocycles. The molecular weight excluding hydrogens is 362 g/mol. The van der Waals surface area contributed by atoms with Crippen molar-refractivity contribution in [3.05, 3.63) is 53.1 Å². The second-order valence-electron chi connectivity index (χ2n) is 8.85. The second-order valence-corrected chi connectivity index (χ2v) is 8.85. The number of benzene rings is 1. The minimum atomic E-state index is -0.408. The van der Waals surface area contributed by atoms with Crippen LogP contribution < -0.4 is 4.74 Å². The summed E-state index contributed by atoms with van der Waals surface area (Å²) in [4.78, 5) is 25.6. The molecule has 152 valence electrons. The van der Waals surface area contributed by atoms with Gasteiger partial charge >= 0.3 is 0 Å². The molecule has 2 unspecified atom stereocenters. The van der Waals surface area contributed by atoms with E-state index in [-0.39, 0.29) is 12.1 Å². The van der Waals surface area contributed by atoms with Gasteiger partial charge in [0, 0.05) is 24.2 Å². The number of hydrogen-bond acceptors (Lipinski definition) is 4. The average Bonchev–Trinajstić information content (AvgIpc) is 3.08. The summed E-state index contributed by atoms with van der Waals surface area (Å²) in [6, 6.07) is 8.61. The Hall–Kier alpha value is -2.43. The molecule has 1 saturated heterocycles. The SMILES string of the molecule is COc1ccc(C2(C(=O)N3C4CCC3c3cnc(C)nc3C4)CCCCC2)cc1. The maximum absolute atomic E-state index is 14.2. The highest BCUT2D eigenvalue weighted by Crippen LogP contribution is 2.49. The fourth-order valence-electron chi connectivity index (χ4n) is 5.83. The van der Waals surface area contributed by atoms with E-state index in [9.17, 15) is 4.79 Å². The zero-order valence-electron chi connectivity index (χ0n) is 17.4. The van der Waals surface area contributed by atoms with Crippen molar-refractivity contribution in [3.8, 4) is 5.75 Å². The Kier molecular flexibility index (Phi) is 4.56. The van der Waals surface area contributed by atoms with Crippen LogP contribution in [-0.4, -0.2) is 33.9 Å². The number of nitrogens with zero attached hydrogens (tertiary/aromatic N) is 3. The molecule has 0 radical (unpaired) electrons. The van der Waals surface area contributed by atoms with E-state index in [1.807, 2.05) is 25.3 Å². The molecule has 1 aromatic heterocycles. The van der Waals surface area contributed by atoms with Crippen LogP contribution in [0.1, 0.15) is 73.6 Å². The molecule has 0 spiro atoms. The maximum atomic E-state index is 14.2. The zero-order chi connectivity index (χ0) is 20.0. The van der Waals surface area contributed by atoms with E-state index >= 15 is 0 Å². The van der Waals surface area contributed by atoms with Gasteiger partial charge in [-0.2, -0.15) is 0 Å². The first-order chi connectivity index (χ1) is 14.1. The summed E-state index contributed by atoms with van der Waals surface area (Å²) < 4.78 is 5.35. The topological polar surface area (TPSA) is 55.3 Å². The predicted molar refractivity (Wildman–Crippen MR) is 111 cm³/mol. The average molecular weight is 392 g/mol. The number of fused-ring (bicyclic) bond motifs is 4. The second kappa shape index (κ2) is 7.12. The molecule has 5 nitrogen and oxygen atoms in total. The number of ether oxygens (including phenoxy) is 1. The Morgan fingerprint density at radius 3 is 2.62 bits per heavy atom. The molecule has 1 aliphatic carbocycles. The lowest BCUT2D eigenvalue weighted by atomic mass is 9.68. The van der Waals surface area contributed by atoms with Crippen LogP contribution in [0.2, 0.25) is 0 Å². The van der Waals surface area contributed by atoms with Gasteiger partial charge in [0.05, 0.1) is 24.3 Å². The molecule has 1 amide bonds.